The van der Waals surface area contributed by atoms with E-state index in [-0.39, 0.29) is 10.7 Å². The summed E-state index contributed by atoms with van der Waals surface area (Å²) in [5, 5.41) is 15.0. The minimum atomic E-state index is -0.646. The topological polar surface area (TPSA) is 72.6 Å². The van der Waals surface area contributed by atoms with Crippen LogP contribution in [0.5, 0.6) is 0 Å². The van der Waals surface area contributed by atoms with E-state index in [2.05, 4.69) is 38.1 Å². The van der Waals surface area contributed by atoms with Crippen molar-refractivity contribution in [3.8, 4) is 22.5 Å². The van der Waals surface area contributed by atoms with Gasteiger partial charge in [-0.25, -0.2) is 0 Å². The molecule has 6 heteroatoms. The molecule has 1 aliphatic rings. The van der Waals surface area contributed by atoms with Crippen LogP contribution in [-0.4, -0.2) is 33.3 Å². The van der Waals surface area contributed by atoms with Crippen LogP contribution in [0.3, 0.4) is 0 Å². The van der Waals surface area contributed by atoms with Crippen LogP contribution in [0.1, 0.15) is 63.5 Å². The van der Waals surface area contributed by atoms with E-state index in [9.17, 15) is 9.90 Å². The van der Waals surface area contributed by atoms with Crippen molar-refractivity contribution in [1.82, 2.24) is 5.16 Å². The van der Waals surface area contributed by atoms with Gasteiger partial charge in [0.1, 0.15) is 0 Å². The molecule has 0 radical (unpaired) electrons. The van der Waals surface area contributed by atoms with Crippen molar-refractivity contribution < 1.29 is 19.2 Å². The first-order chi connectivity index (χ1) is 16.1. The molecule has 1 fully saturated rings. The minimum Gasteiger partial charge on any atom is -0.465 e. The molecule has 1 saturated carbocycles. The van der Waals surface area contributed by atoms with E-state index in [1.54, 1.807) is 11.8 Å². The van der Waals surface area contributed by atoms with Gasteiger partial charge in [-0.15, -0.1) is 0 Å². The summed E-state index contributed by atoms with van der Waals surface area (Å²) in [5.41, 5.74) is 5.06. The quantitative estimate of drug-likeness (QED) is 0.373. The number of hydrogen-bond donors (Lipinski definition) is 1. The Bertz CT molecular complexity index is 1140. The Labute approximate surface area is 205 Å². The fraction of sp³-hybridized carbons (Fsp3) is 0.429. The molecule has 1 heterocycles. The zero-order valence-electron chi connectivity index (χ0n) is 20.6. The van der Waals surface area contributed by atoms with Crippen molar-refractivity contribution in [2.24, 2.45) is 0 Å². The molecule has 4 rings (SSSR count). The summed E-state index contributed by atoms with van der Waals surface area (Å²) in [6.07, 6.45) is 1.05. The molecule has 0 bridgehead atoms. The second-order valence-electron chi connectivity index (χ2n) is 9.91. The third-order valence-corrected chi connectivity index (χ3v) is 7.60. The highest BCUT2D eigenvalue weighted by Gasteiger charge is 2.52. The van der Waals surface area contributed by atoms with E-state index in [1.165, 1.54) is 0 Å². The third-order valence-electron chi connectivity index (χ3n) is 6.25. The van der Waals surface area contributed by atoms with Crippen LogP contribution in [0.15, 0.2) is 53.1 Å². The van der Waals surface area contributed by atoms with Crippen LogP contribution in [-0.2, 0) is 14.9 Å². The Balaban J connectivity index is 1.52. The lowest BCUT2D eigenvalue weighted by atomic mass is 9.93. The van der Waals surface area contributed by atoms with Crippen LogP contribution in [0.4, 0.5) is 0 Å². The highest BCUT2D eigenvalue weighted by atomic mass is 32.2. The first-order valence-corrected chi connectivity index (χ1v) is 12.8. The lowest BCUT2D eigenvalue weighted by Gasteiger charge is -2.20. The highest BCUT2D eigenvalue weighted by molar-refractivity contribution is 8.00. The van der Waals surface area contributed by atoms with Crippen molar-refractivity contribution >= 4 is 17.7 Å². The van der Waals surface area contributed by atoms with Gasteiger partial charge in [0.2, 0.25) is 0 Å². The zero-order chi connectivity index (χ0) is 24.5. The number of aromatic nitrogens is 1. The van der Waals surface area contributed by atoms with Gasteiger partial charge in [-0.05, 0) is 43.4 Å². The number of hydrogen-bond acceptors (Lipinski definition) is 6. The second-order valence-corrected chi connectivity index (χ2v) is 11.8. The standard InChI is InChI=1S/C28H33NO4S/c1-6-32-26(31)28(15-16-28)22-13-11-20(12-14-22)19-7-9-21(10-8-19)25-24(18(2)29-33-25)23(30)17-34-27(3,4)5/h7-14,23,30H,6,15-17H2,1-5H3. The summed E-state index contributed by atoms with van der Waals surface area (Å²) in [4.78, 5) is 12.4. The molecule has 1 aromatic heterocycles. The average Bonchev–Trinajstić information content (AvgIpc) is 3.54. The van der Waals surface area contributed by atoms with E-state index >= 15 is 0 Å². The Morgan fingerprint density at radius 1 is 1.09 bits per heavy atom. The largest absolute Gasteiger partial charge is 0.465 e. The van der Waals surface area contributed by atoms with Crippen molar-refractivity contribution in [2.45, 2.75) is 63.7 Å². The number of aliphatic hydroxyl groups excluding tert-OH is 1. The van der Waals surface area contributed by atoms with Crippen LogP contribution in [0.2, 0.25) is 0 Å². The molecule has 0 amide bonds. The van der Waals surface area contributed by atoms with Crippen LogP contribution >= 0.6 is 11.8 Å². The van der Waals surface area contributed by atoms with E-state index in [0.717, 1.165) is 40.7 Å². The Morgan fingerprint density at radius 3 is 2.18 bits per heavy atom. The molecule has 1 atom stereocenters. The first kappa shape index (κ1) is 24.6. The molecule has 2 aromatic carbocycles. The zero-order valence-corrected chi connectivity index (χ0v) is 21.4. The molecule has 0 spiro atoms. The molecule has 1 N–H and O–H groups in total. The Hall–Kier alpha value is -2.57. The van der Waals surface area contributed by atoms with Crippen LogP contribution < -0.4 is 0 Å². The monoisotopic (exact) mass is 479 g/mol. The molecule has 0 aliphatic heterocycles. The summed E-state index contributed by atoms with van der Waals surface area (Å²) >= 11 is 1.72. The molecular weight excluding hydrogens is 446 g/mol. The van der Waals surface area contributed by atoms with E-state index in [1.807, 2.05) is 50.2 Å². The van der Waals surface area contributed by atoms with Crippen molar-refractivity contribution in [1.29, 1.82) is 0 Å². The molecule has 1 aliphatic carbocycles. The van der Waals surface area contributed by atoms with Crippen LogP contribution in [0, 0.1) is 6.92 Å². The lowest BCUT2D eigenvalue weighted by Crippen LogP contribution is -2.23. The molecule has 180 valence electrons. The van der Waals surface area contributed by atoms with E-state index < -0.39 is 11.5 Å². The number of aryl methyl sites for hydroxylation is 1. The van der Waals surface area contributed by atoms with Gasteiger partial charge >= 0.3 is 5.97 Å². The van der Waals surface area contributed by atoms with Gasteiger partial charge in [0.05, 0.1) is 29.4 Å². The maximum absolute atomic E-state index is 12.4. The van der Waals surface area contributed by atoms with Gasteiger partial charge in [0.25, 0.3) is 0 Å². The van der Waals surface area contributed by atoms with Gasteiger partial charge in [0.15, 0.2) is 5.76 Å². The fourth-order valence-corrected chi connectivity index (χ4v) is 5.01. The number of thioether (sulfide) groups is 1. The van der Waals surface area contributed by atoms with Gasteiger partial charge in [-0.2, -0.15) is 11.8 Å². The smallest absolute Gasteiger partial charge is 0.316 e. The summed E-state index contributed by atoms with van der Waals surface area (Å²) in [7, 11) is 0. The SMILES string of the molecule is CCOC(=O)C1(c2ccc(-c3ccc(-c4onc(C)c4C(O)CSC(C)(C)C)cc3)cc2)CC1. The number of rotatable bonds is 8. The fourth-order valence-electron chi connectivity index (χ4n) is 4.19. The maximum atomic E-state index is 12.4. The number of carbonyl (C=O) groups excluding carboxylic acids is 1. The number of nitrogens with zero attached hydrogens (tertiary/aromatic N) is 1. The summed E-state index contributed by atoms with van der Waals surface area (Å²) in [5.74, 6) is 1.08. The Kier molecular flexibility index (Phi) is 6.92. The van der Waals surface area contributed by atoms with Crippen LogP contribution in [0.25, 0.3) is 22.5 Å². The number of ether oxygens (including phenoxy) is 1. The van der Waals surface area contributed by atoms with Crippen molar-refractivity contribution in [3.63, 3.8) is 0 Å². The van der Waals surface area contributed by atoms with Gasteiger partial charge in [-0.1, -0.05) is 74.5 Å². The normalized spacial score (nSPS) is 15.7. The maximum Gasteiger partial charge on any atom is 0.316 e. The molecular formula is C28H33NO4S. The number of esters is 1. The summed E-state index contributed by atoms with van der Waals surface area (Å²) in [6, 6.07) is 16.3. The molecule has 5 nitrogen and oxygen atoms in total. The molecule has 34 heavy (non-hydrogen) atoms. The third kappa shape index (κ3) is 5.08. The average molecular weight is 480 g/mol. The molecule has 1 unspecified atom stereocenters. The highest BCUT2D eigenvalue weighted by Crippen LogP contribution is 2.49. The number of aliphatic hydroxyl groups is 1. The van der Waals surface area contributed by atoms with E-state index in [4.69, 9.17) is 9.26 Å². The number of carbonyl (C=O) groups is 1. The van der Waals surface area contributed by atoms with Gasteiger partial charge < -0.3 is 14.4 Å². The molecule has 3 aromatic rings. The lowest BCUT2D eigenvalue weighted by molar-refractivity contribution is -0.146. The first-order valence-electron chi connectivity index (χ1n) is 11.8. The van der Waals surface area contributed by atoms with Gasteiger partial charge in [0, 0.05) is 16.1 Å². The predicted octanol–water partition coefficient (Wildman–Crippen LogP) is 6.48. The van der Waals surface area contributed by atoms with E-state index in [0.29, 0.717) is 23.8 Å². The summed E-state index contributed by atoms with van der Waals surface area (Å²) in [6.45, 7) is 10.5. The Morgan fingerprint density at radius 2 is 1.65 bits per heavy atom. The second kappa shape index (κ2) is 9.59. The van der Waals surface area contributed by atoms with Crippen molar-refractivity contribution in [2.75, 3.05) is 12.4 Å². The molecule has 0 saturated heterocycles. The predicted molar refractivity (Wildman–Crippen MR) is 137 cm³/mol. The minimum absolute atomic E-state index is 0.0683. The van der Waals surface area contributed by atoms with Gasteiger partial charge in [-0.3, -0.25) is 4.79 Å². The summed E-state index contributed by atoms with van der Waals surface area (Å²) < 4.78 is 11.0. The van der Waals surface area contributed by atoms with Crippen molar-refractivity contribution in [3.05, 3.63) is 65.4 Å². The number of benzene rings is 2.